The maximum absolute atomic E-state index is 13.6. The lowest BCUT2D eigenvalue weighted by Crippen LogP contribution is -2.50. The second-order valence-electron chi connectivity index (χ2n) is 9.60. The minimum Gasteiger partial charge on any atom is -0.472 e. The fourth-order valence-electron chi connectivity index (χ4n) is 4.18. The van der Waals surface area contributed by atoms with Crippen LogP contribution in [0.1, 0.15) is 47.9 Å². The third-order valence-electron chi connectivity index (χ3n) is 6.57. The van der Waals surface area contributed by atoms with E-state index in [1.54, 1.807) is 62.3 Å². The Morgan fingerprint density at radius 1 is 1.19 bits per heavy atom. The number of aliphatic hydroxyl groups excluding tert-OH is 1. The molecule has 0 bridgehead atoms. The van der Waals surface area contributed by atoms with Crippen molar-refractivity contribution in [3.8, 4) is 17.0 Å². The Bertz CT molecular complexity index is 1100. The zero-order valence-corrected chi connectivity index (χ0v) is 21.9. The second-order valence-corrected chi connectivity index (χ2v) is 9.60. The van der Waals surface area contributed by atoms with Crippen LogP contribution in [0.15, 0.2) is 36.5 Å². The molecule has 0 aliphatic carbocycles. The van der Waals surface area contributed by atoms with Gasteiger partial charge in [0.15, 0.2) is 0 Å². The molecule has 2 heterocycles. The molecular weight excluding hydrogens is 460 g/mol. The predicted octanol–water partition coefficient (Wildman–Crippen LogP) is 2.54. The molecular formula is C27H36N4O5. The van der Waals surface area contributed by atoms with Crippen LogP contribution in [0.2, 0.25) is 0 Å². The molecule has 0 radical (unpaired) electrons. The van der Waals surface area contributed by atoms with Gasteiger partial charge in [-0.05, 0) is 30.7 Å². The van der Waals surface area contributed by atoms with Crippen LogP contribution in [0.4, 0.5) is 0 Å². The average molecular weight is 497 g/mol. The summed E-state index contributed by atoms with van der Waals surface area (Å²) < 4.78 is 6.25. The molecule has 1 aromatic carbocycles. The molecule has 3 amide bonds. The van der Waals surface area contributed by atoms with Gasteiger partial charge >= 0.3 is 0 Å². The summed E-state index contributed by atoms with van der Waals surface area (Å²) in [7, 11) is 5.13. The van der Waals surface area contributed by atoms with Gasteiger partial charge in [-0.1, -0.05) is 26.0 Å². The van der Waals surface area contributed by atoms with Gasteiger partial charge in [-0.2, -0.15) is 0 Å². The highest BCUT2D eigenvalue weighted by Crippen LogP contribution is 2.30. The number of fused-ring (bicyclic) bond motifs is 1. The van der Waals surface area contributed by atoms with Gasteiger partial charge in [-0.15, -0.1) is 0 Å². The van der Waals surface area contributed by atoms with Gasteiger partial charge in [0.25, 0.3) is 11.8 Å². The number of aromatic nitrogens is 1. The highest BCUT2D eigenvalue weighted by atomic mass is 16.5. The van der Waals surface area contributed by atoms with Gasteiger partial charge < -0.3 is 24.5 Å². The number of nitrogens with zero attached hydrogens (tertiary/aromatic N) is 4. The molecule has 0 saturated heterocycles. The first-order valence-corrected chi connectivity index (χ1v) is 12.2. The summed E-state index contributed by atoms with van der Waals surface area (Å²) in [5, 5.41) is 9.83. The molecule has 9 nitrogen and oxygen atoms in total. The van der Waals surface area contributed by atoms with Crippen molar-refractivity contribution in [3.63, 3.8) is 0 Å². The first kappa shape index (κ1) is 27.1. The van der Waals surface area contributed by atoms with Gasteiger partial charge in [0.2, 0.25) is 11.8 Å². The quantitative estimate of drug-likeness (QED) is 0.632. The van der Waals surface area contributed by atoms with E-state index in [2.05, 4.69) is 4.98 Å². The van der Waals surface area contributed by atoms with E-state index in [4.69, 9.17) is 4.74 Å². The van der Waals surface area contributed by atoms with Crippen LogP contribution in [0.3, 0.4) is 0 Å². The number of ether oxygens (including phenoxy) is 1. The number of benzene rings is 1. The first-order chi connectivity index (χ1) is 17.1. The van der Waals surface area contributed by atoms with E-state index < -0.39 is 6.04 Å². The van der Waals surface area contributed by atoms with Crippen LogP contribution in [0.25, 0.3) is 11.1 Å². The van der Waals surface area contributed by atoms with Gasteiger partial charge in [0.05, 0.1) is 19.2 Å². The lowest BCUT2D eigenvalue weighted by molar-refractivity contribution is -0.131. The molecule has 1 N–H and O–H groups in total. The smallest absolute Gasteiger partial charge is 0.259 e. The van der Waals surface area contributed by atoms with Gasteiger partial charge in [0.1, 0.15) is 11.7 Å². The third-order valence-corrected chi connectivity index (χ3v) is 6.57. The predicted molar refractivity (Wildman–Crippen MR) is 137 cm³/mol. The lowest BCUT2D eigenvalue weighted by Gasteiger charge is -2.37. The van der Waals surface area contributed by atoms with Crippen molar-refractivity contribution in [2.45, 2.75) is 39.3 Å². The number of pyridine rings is 1. The number of rotatable bonds is 7. The Hall–Kier alpha value is -3.46. The Balaban J connectivity index is 2.01. The number of carbonyl (C=O) groups is 3. The van der Waals surface area contributed by atoms with Crippen LogP contribution < -0.4 is 4.74 Å². The summed E-state index contributed by atoms with van der Waals surface area (Å²) in [6.07, 6.45) is 1.64. The van der Waals surface area contributed by atoms with Crippen LogP contribution >= 0.6 is 0 Å². The lowest BCUT2D eigenvalue weighted by atomic mass is 9.98. The number of likely N-dealkylation sites (N-methyl/N-ethyl adjacent to an activating group) is 1. The van der Waals surface area contributed by atoms with E-state index in [0.717, 1.165) is 5.56 Å². The van der Waals surface area contributed by atoms with Crippen molar-refractivity contribution in [1.82, 2.24) is 19.7 Å². The molecule has 2 aromatic rings. The summed E-state index contributed by atoms with van der Waals surface area (Å²) in [6, 6.07) is 8.45. The van der Waals surface area contributed by atoms with Gasteiger partial charge in [0, 0.05) is 57.4 Å². The minimum atomic E-state index is -0.401. The number of hydrogen-bond acceptors (Lipinski definition) is 6. The number of aliphatic hydroxyl groups is 1. The zero-order chi connectivity index (χ0) is 26.6. The van der Waals surface area contributed by atoms with E-state index >= 15 is 0 Å². The summed E-state index contributed by atoms with van der Waals surface area (Å²) in [6.45, 7) is 6.12. The van der Waals surface area contributed by atoms with E-state index in [9.17, 15) is 19.5 Å². The highest BCUT2D eigenvalue weighted by Gasteiger charge is 2.34. The molecule has 0 unspecified atom stereocenters. The van der Waals surface area contributed by atoms with E-state index in [-0.39, 0.29) is 42.2 Å². The summed E-state index contributed by atoms with van der Waals surface area (Å²) in [5.74, 6) is -0.270. The highest BCUT2D eigenvalue weighted by molar-refractivity contribution is 5.98. The molecule has 9 heteroatoms. The molecule has 3 rings (SSSR count). The van der Waals surface area contributed by atoms with Gasteiger partial charge in [-0.25, -0.2) is 4.98 Å². The van der Waals surface area contributed by atoms with Gasteiger partial charge in [-0.3, -0.25) is 14.4 Å². The largest absolute Gasteiger partial charge is 0.472 e. The molecule has 0 saturated carbocycles. The Morgan fingerprint density at radius 2 is 1.86 bits per heavy atom. The molecule has 1 aromatic heterocycles. The second kappa shape index (κ2) is 11.5. The Labute approximate surface area is 212 Å². The van der Waals surface area contributed by atoms with Crippen molar-refractivity contribution in [3.05, 3.63) is 47.7 Å². The molecule has 1 aliphatic rings. The molecule has 0 fully saturated rings. The molecule has 0 spiro atoms. The standard InChI is InChI=1S/C27H36N4O5/c1-7-24(33)30(6)15-23-17(2)14-31(18(3)16-32)27(35)22-12-21(13-28-25(22)36-23)19-8-10-20(11-9-19)26(34)29(4)5/h8-13,17-18,23,32H,7,14-16H2,1-6H3/t17-,18-,23-/m0/s1. The Morgan fingerprint density at radius 3 is 2.44 bits per heavy atom. The normalized spacial score (nSPS) is 18.4. The third kappa shape index (κ3) is 5.84. The van der Waals surface area contributed by atoms with Crippen molar-refractivity contribution in [2.24, 2.45) is 5.92 Å². The number of hydrogen-bond donors (Lipinski definition) is 1. The van der Waals surface area contributed by atoms with E-state index in [1.807, 2.05) is 26.0 Å². The maximum atomic E-state index is 13.6. The molecule has 1 aliphatic heterocycles. The summed E-state index contributed by atoms with van der Waals surface area (Å²) in [4.78, 5) is 47.3. The average Bonchev–Trinajstić information content (AvgIpc) is 2.88. The number of amides is 3. The van der Waals surface area contributed by atoms with Crippen molar-refractivity contribution >= 4 is 17.7 Å². The fraction of sp³-hybridized carbons (Fsp3) is 0.481. The first-order valence-electron chi connectivity index (χ1n) is 12.2. The minimum absolute atomic E-state index is 0.00393. The van der Waals surface area contributed by atoms with Crippen molar-refractivity contribution in [1.29, 1.82) is 0 Å². The van der Waals surface area contributed by atoms with Crippen LogP contribution in [-0.4, -0.2) is 95.5 Å². The van der Waals surface area contributed by atoms with Crippen LogP contribution in [-0.2, 0) is 4.79 Å². The van der Waals surface area contributed by atoms with E-state index in [1.165, 1.54) is 4.90 Å². The van der Waals surface area contributed by atoms with Crippen LogP contribution in [0, 0.1) is 5.92 Å². The van der Waals surface area contributed by atoms with Crippen LogP contribution in [0.5, 0.6) is 5.88 Å². The summed E-state index contributed by atoms with van der Waals surface area (Å²) in [5.41, 5.74) is 2.36. The maximum Gasteiger partial charge on any atom is 0.259 e. The number of carbonyl (C=O) groups excluding carboxylic acids is 3. The fourth-order valence-corrected chi connectivity index (χ4v) is 4.18. The Kier molecular flexibility index (Phi) is 8.68. The molecule has 36 heavy (non-hydrogen) atoms. The van der Waals surface area contributed by atoms with E-state index in [0.29, 0.717) is 36.2 Å². The van der Waals surface area contributed by atoms with Crippen molar-refractivity contribution < 1.29 is 24.2 Å². The molecule has 194 valence electrons. The monoisotopic (exact) mass is 496 g/mol. The van der Waals surface area contributed by atoms with Crippen molar-refractivity contribution in [2.75, 3.05) is 40.8 Å². The SMILES string of the molecule is CCC(=O)N(C)C[C@@H]1Oc2ncc(-c3ccc(C(=O)N(C)C)cc3)cc2C(=O)N([C@@H](C)CO)C[C@@H]1C. The zero-order valence-electron chi connectivity index (χ0n) is 21.9. The molecule has 3 atom stereocenters. The summed E-state index contributed by atoms with van der Waals surface area (Å²) >= 11 is 0. The topological polar surface area (TPSA) is 103 Å².